The van der Waals surface area contributed by atoms with E-state index in [2.05, 4.69) is 0 Å². The molecular formula is C26H8F10O2P2. The summed E-state index contributed by atoms with van der Waals surface area (Å²) in [5.41, 5.74) is -0.901. The van der Waals surface area contributed by atoms with E-state index < -0.39 is 115 Å². The molecule has 0 amide bonds. The average molecular weight is 604 g/mol. The van der Waals surface area contributed by atoms with Crippen LogP contribution < -0.4 is 21.2 Å². The molecule has 0 radical (unpaired) electrons. The molecule has 2 aliphatic heterocycles. The average Bonchev–Trinajstić information content (AvgIpc) is 3.37. The molecule has 0 fully saturated rings. The molecule has 0 saturated carbocycles. The Balaban J connectivity index is 1.85. The lowest BCUT2D eigenvalue weighted by atomic mass is 10.1. The molecule has 0 spiro atoms. The molecule has 6 rings (SSSR count). The minimum atomic E-state index is -5.26. The topological polar surface area (TPSA) is 34.1 Å². The van der Waals surface area contributed by atoms with Crippen LogP contribution in [-0.4, -0.2) is 0 Å². The van der Waals surface area contributed by atoms with Gasteiger partial charge in [0.1, 0.15) is 0 Å². The highest BCUT2D eigenvalue weighted by Crippen LogP contribution is 2.77. The summed E-state index contributed by atoms with van der Waals surface area (Å²) in [6.45, 7) is 0. The van der Waals surface area contributed by atoms with Crippen molar-refractivity contribution in [3.8, 4) is 0 Å². The molecular weight excluding hydrogens is 596 g/mol. The fraction of sp³-hybridized carbons (Fsp3) is 0. The molecule has 4 aromatic rings. The standard InChI is InChI=1S/C26H8F10O2P2/c27-13-15(29)19(33)25(20(34)16(13)30)39(37)11-7-3-1-5-9(11)23-24(39)10-6-2-4-8-12(10)40(23,38)26-21(35)17(31)14(28)18(32)22(26)36/h1-8H. The van der Waals surface area contributed by atoms with Crippen molar-refractivity contribution in [3.63, 3.8) is 0 Å². The quantitative estimate of drug-likeness (QED) is 0.113. The second-order valence-corrected chi connectivity index (χ2v) is 14.0. The molecule has 40 heavy (non-hydrogen) atoms. The molecule has 0 bridgehead atoms. The second-order valence-electron chi connectivity index (χ2n) is 8.79. The van der Waals surface area contributed by atoms with E-state index in [1.54, 1.807) is 0 Å². The van der Waals surface area contributed by atoms with Crippen molar-refractivity contribution in [1.82, 2.24) is 0 Å². The molecule has 0 aromatic heterocycles. The van der Waals surface area contributed by atoms with E-state index in [9.17, 15) is 35.5 Å². The van der Waals surface area contributed by atoms with Gasteiger partial charge in [0.15, 0.2) is 60.8 Å². The lowest BCUT2D eigenvalue weighted by Crippen LogP contribution is -2.28. The molecule has 14 heteroatoms. The van der Waals surface area contributed by atoms with Crippen molar-refractivity contribution >= 4 is 46.1 Å². The van der Waals surface area contributed by atoms with Gasteiger partial charge in [-0.05, 0) is 11.1 Å². The first-order valence-electron chi connectivity index (χ1n) is 11.0. The van der Waals surface area contributed by atoms with Crippen LogP contribution in [0, 0.1) is 58.2 Å². The molecule has 2 aliphatic rings. The van der Waals surface area contributed by atoms with Gasteiger partial charge in [0.2, 0.25) is 11.6 Å². The number of halogens is 10. The summed E-state index contributed by atoms with van der Waals surface area (Å²) >= 11 is 0. The fourth-order valence-electron chi connectivity index (χ4n) is 5.23. The third-order valence-corrected chi connectivity index (χ3v) is 13.4. The predicted octanol–water partition coefficient (Wildman–Crippen LogP) is 6.56. The fourth-order valence-corrected chi connectivity index (χ4v) is 12.7. The normalized spacial score (nSPS) is 21.1. The highest BCUT2D eigenvalue weighted by molar-refractivity contribution is 7.96. The number of benzene rings is 4. The van der Waals surface area contributed by atoms with Crippen LogP contribution in [0.25, 0.3) is 10.6 Å². The summed E-state index contributed by atoms with van der Waals surface area (Å²) < 4.78 is 175. The van der Waals surface area contributed by atoms with Crippen LogP contribution in [0.4, 0.5) is 43.9 Å². The molecule has 4 aromatic carbocycles. The summed E-state index contributed by atoms with van der Waals surface area (Å²) in [4.78, 5) is 0. The van der Waals surface area contributed by atoms with Gasteiger partial charge in [-0.15, -0.1) is 0 Å². The van der Waals surface area contributed by atoms with Crippen molar-refractivity contribution in [3.05, 3.63) is 118 Å². The lowest BCUT2D eigenvalue weighted by Gasteiger charge is -2.22. The zero-order chi connectivity index (χ0) is 29.0. The maximum atomic E-state index is 15.2. The van der Waals surface area contributed by atoms with Gasteiger partial charge in [0, 0.05) is 21.2 Å². The maximum absolute atomic E-state index is 15.2. The first kappa shape index (κ1) is 26.6. The van der Waals surface area contributed by atoms with Crippen LogP contribution in [0.5, 0.6) is 0 Å². The van der Waals surface area contributed by atoms with E-state index in [0.717, 1.165) is 36.4 Å². The largest absolute Gasteiger partial charge is 0.308 e. The van der Waals surface area contributed by atoms with Crippen molar-refractivity contribution in [2.75, 3.05) is 0 Å². The van der Waals surface area contributed by atoms with E-state index >= 15 is 17.6 Å². The Morgan fingerprint density at radius 2 is 0.625 bits per heavy atom. The highest BCUT2D eigenvalue weighted by atomic mass is 31.2. The van der Waals surface area contributed by atoms with Crippen LogP contribution in [0.2, 0.25) is 0 Å². The van der Waals surface area contributed by atoms with Crippen LogP contribution >= 0.6 is 14.3 Å². The van der Waals surface area contributed by atoms with E-state index in [0.29, 0.717) is 0 Å². The van der Waals surface area contributed by atoms with Gasteiger partial charge in [-0.3, -0.25) is 0 Å². The summed E-state index contributed by atoms with van der Waals surface area (Å²) in [6, 6.07) is 8.74. The highest BCUT2D eigenvalue weighted by Gasteiger charge is 2.58. The monoisotopic (exact) mass is 604 g/mol. The van der Waals surface area contributed by atoms with Crippen LogP contribution in [0.3, 0.4) is 0 Å². The van der Waals surface area contributed by atoms with Gasteiger partial charge >= 0.3 is 0 Å². The third kappa shape index (κ3) is 2.93. The van der Waals surface area contributed by atoms with E-state index in [-0.39, 0.29) is 0 Å². The Kier molecular flexibility index (Phi) is 5.61. The molecule has 2 heterocycles. The van der Waals surface area contributed by atoms with Gasteiger partial charge in [0.05, 0.1) is 10.6 Å². The Bertz CT molecular complexity index is 1790. The third-order valence-electron chi connectivity index (χ3n) is 6.85. The molecule has 204 valence electrons. The molecule has 0 saturated heterocycles. The second kappa shape index (κ2) is 8.44. The Morgan fingerprint density at radius 3 is 0.925 bits per heavy atom. The van der Waals surface area contributed by atoms with Gasteiger partial charge in [-0.1, -0.05) is 48.5 Å². The van der Waals surface area contributed by atoms with Crippen LogP contribution in [0.15, 0.2) is 48.5 Å². The smallest absolute Gasteiger partial charge is 0.200 e. The summed E-state index contributed by atoms with van der Waals surface area (Å²) in [7, 11) is -10.5. The van der Waals surface area contributed by atoms with Gasteiger partial charge in [0.25, 0.3) is 0 Å². The SMILES string of the molecule is O=P1(c2c(F)c(F)c(F)c(F)c2F)C2=C(c3ccccc31)P(=O)(c1c(F)c(F)c(F)c(F)c1F)c1ccccc12. The predicted molar refractivity (Wildman–Crippen MR) is 126 cm³/mol. The minimum Gasteiger partial charge on any atom is -0.308 e. The molecule has 0 aliphatic carbocycles. The van der Waals surface area contributed by atoms with Gasteiger partial charge in [-0.25, -0.2) is 43.9 Å². The minimum absolute atomic E-state index is 0.451. The van der Waals surface area contributed by atoms with E-state index in [4.69, 9.17) is 0 Å². The van der Waals surface area contributed by atoms with Gasteiger partial charge < -0.3 is 9.13 Å². The molecule has 2 atom stereocenters. The maximum Gasteiger partial charge on any atom is 0.200 e. The Labute approximate surface area is 217 Å². The van der Waals surface area contributed by atoms with Crippen molar-refractivity contribution in [1.29, 1.82) is 0 Å². The molecule has 2 unspecified atom stereocenters. The van der Waals surface area contributed by atoms with Crippen LogP contribution in [-0.2, 0) is 9.13 Å². The van der Waals surface area contributed by atoms with Gasteiger partial charge in [-0.2, -0.15) is 0 Å². The summed E-state index contributed by atoms with van der Waals surface area (Å²) in [5.74, 6) is -24.8. The van der Waals surface area contributed by atoms with Crippen molar-refractivity contribution < 1.29 is 53.0 Å². The number of hydrogen-bond acceptors (Lipinski definition) is 2. The van der Waals surface area contributed by atoms with E-state index in [1.165, 1.54) is 12.1 Å². The van der Waals surface area contributed by atoms with Crippen molar-refractivity contribution in [2.24, 2.45) is 0 Å². The number of fused-ring (bicyclic) bond motifs is 4. The zero-order valence-electron chi connectivity index (χ0n) is 19.1. The first-order chi connectivity index (χ1) is 18.8. The van der Waals surface area contributed by atoms with Crippen molar-refractivity contribution in [2.45, 2.75) is 0 Å². The van der Waals surface area contributed by atoms with Crippen LogP contribution in [0.1, 0.15) is 11.1 Å². The number of rotatable bonds is 2. The zero-order valence-corrected chi connectivity index (χ0v) is 20.9. The summed E-state index contributed by atoms with van der Waals surface area (Å²) in [5, 5.41) is -6.41. The lowest BCUT2D eigenvalue weighted by molar-refractivity contribution is 0.384. The van der Waals surface area contributed by atoms with E-state index in [1.807, 2.05) is 0 Å². The molecule has 0 N–H and O–H groups in total. The molecule has 2 nitrogen and oxygen atoms in total. The number of hydrogen-bond donors (Lipinski definition) is 0. The Morgan fingerprint density at radius 1 is 0.375 bits per heavy atom. The summed E-state index contributed by atoms with van der Waals surface area (Å²) in [6.07, 6.45) is 0. The Hall–Kier alpha value is -3.62. The first-order valence-corrected chi connectivity index (χ1v) is 14.4.